The Kier molecular flexibility index (Phi) is 10.4. The summed E-state index contributed by atoms with van der Waals surface area (Å²) in [6, 6.07) is 0. The summed E-state index contributed by atoms with van der Waals surface area (Å²) in [6.07, 6.45) is 7.71. The van der Waals surface area contributed by atoms with E-state index in [0.29, 0.717) is 12.3 Å². The van der Waals surface area contributed by atoms with Gasteiger partial charge in [-0.3, -0.25) is 4.79 Å². The van der Waals surface area contributed by atoms with Crippen molar-refractivity contribution in [2.24, 2.45) is 17.8 Å². The molecule has 3 heteroatoms. The SMILES string of the molecule is CCCC(C)C(C/C(C)=C/CC[C@H](C)CCO)C(=O)O. The zero-order valence-corrected chi connectivity index (χ0v) is 13.6. The van der Waals surface area contributed by atoms with Crippen molar-refractivity contribution in [3.8, 4) is 0 Å². The Bertz CT molecular complexity index is 297. The lowest BCUT2D eigenvalue weighted by molar-refractivity contribution is -0.143. The summed E-state index contributed by atoms with van der Waals surface area (Å²) in [4.78, 5) is 11.4. The lowest BCUT2D eigenvalue weighted by Gasteiger charge is -2.20. The molecule has 0 aromatic rings. The highest BCUT2D eigenvalue weighted by molar-refractivity contribution is 5.70. The maximum atomic E-state index is 11.4. The molecule has 118 valence electrons. The summed E-state index contributed by atoms with van der Waals surface area (Å²) >= 11 is 0. The molecule has 3 atom stereocenters. The van der Waals surface area contributed by atoms with E-state index in [2.05, 4.69) is 19.9 Å². The average molecular weight is 284 g/mol. The van der Waals surface area contributed by atoms with Gasteiger partial charge in [0.2, 0.25) is 0 Å². The third kappa shape index (κ3) is 8.36. The van der Waals surface area contributed by atoms with Crippen molar-refractivity contribution in [2.45, 2.75) is 66.2 Å². The molecule has 0 spiro atoms. The molecular weight excluding hydrogens is 252 g/mol. The number of rotatable bonds is 11. The fourth-order valence-electron chi connectivity index (χ4n) is 2.60. The number of aliphatic hydroxyl groups is 1. The summed E-state index contributed by atoms with van der Waals surface area (Å²) in [5.74, 6) is -0.180. The van der Waals surface area contributed by atoms with E-state index in [-0.39, 0.29) is 18.4 Å². The van der Waals surface area contributed by atoms with Crippen LogP contribution in [0.3, 0.4) is 0 Å². The van der Waals surface area contributed by atoms with Crippen LogP contribution in [0.15, 0.2) is 11.6 Å². The molecule has 0 aliphatic rings. The fourth-order valence-corrected chi connectivity index (χ4v) is 2.60. The maximum absolute atomic E-state index is 11.4. The van der Waals surface area contributed by atoms with Gasteiger partial charge >= 0.3 is 5.97 Å². The summed E-state index contributed by atoms with van der Waals surface area (Å²) in [7, 11) is 0. The maximum Gasteiger partial charge on any atom is 0.307 e. The Hall–Kier alpha value is -0.830. The van der Waals surface area contributed by atoms with Crippen molar-refractivity contribution in [2.75, 3.05) is 6.61 Å². The Morgan fingerprint density at radius 1 is 1.20 bits per heavy atom. The zero-order chi connectivity index (χ0) is 15.5. The molecule has 0 amide bonds. The van der Waals surface area contributed by atoms with Crippen molar-refractivity contribution in [1.29, 1.82) is 0 Å². The smallest absolute Gasteiger partial charge is 0.307 e. The summed E-state index contributed by atoms with van der Waals surface area (Å²) < 4.78 is 0. The Morgan fingerprint density at radius 3 is 2.35 bits per heavy atom. The molecular formula is C17H32O3. The molecule has 2 unspecified atom stereocenters. The molecule has 0 saturated carbocycles. The molecule has 0 heterocycles. The Balaban J connectivity index is 4.30. The van der Waals surface area contributed by atoms with Gasteiger partial charge < -0.3 is 10.2 Å². The van der Waals surface area contributed by atoms with Gasteiger partial charge in [-0.05, 0) is 44.4 Å². The second kappa shape index (κ2) is 10.9. The van der Waals surface area contributed by atoms with Crippen molar-refractivity contribution < 1.29 is 15.0 Å². The van der Waals surface area contributed by atoms with E-state index >= 15 is 0 Å². The largest absolute Gasteiger partial charge is 0.481 e. The first-order valence-corrected chi connectivity index (χ1v) is 7.91. The van der Waals surface area contributed by atoms with Crippen LogP contribution in [-0.2, 0) is 4.79 Å². The first-order valence-electron chi connectivity index (χ1n) is 7.91. The first kappa shape index (κ1) is 19.2. The highest BCUT2D eigenvalue weighted by Gasteiger charge is 2.24. The van der Waals surface area contributed by atoms with E-state index in [4.69, 9.17) is 5.11 Å². The molecule has 3 nitrogen and oxygen atoms in total. The summed E-state index contributed by atoms with van der Waals surface area (Å²) in [5.41, 5.74) is 1.18. The molecule has 0 aliphatic heterocycles. The van der Waals surface area contributed by atoms with Crippen LogP contribution >= 0.6 is 0 Å². The topological polar surface area (TPSA) is 57.5 Å². The quantitative estimate of drug-likeness (QED) is 0.557. The number of hydrogen-bond donors (Lipinski definition) is 2. The van der Waals surface area contributed by atoms with Crippen LogP contribution in [0, 0.1) is 17.8 Å². The minimum Gasteiger partial charge on any atom is -0.481 e. The molecule has 0 aromatic carbocycles. The number of aliphatic carboxylic acids is 1. The minimum absolute atomic E-state index is 0.231. The first-order chi connectivity index (χ1) is 9.42. The van der Waals surface area contributed by atoms with Crippen LogP contribution in [-0.4, -0.2) is 22.8 Å². The van der Waals surface area contributed by atoms with Crippen LogP contribution in [0.4, 0.5) is 0 Å². The number of carbonyl (C=O) groups is 1. The van der Waals surface area contributed by atoms with Crippen LogP contribution < -0.4 is 0 Å². The molecule has 20 heavy (non-hydrogen) atoms. The monoisotopic (exact) mass is 284 g/mol. The third-order valence-corrected chi connectivity index (χ3v) is 4.06. The van der Waals surface area contributed by atoms with Crippen molar-refractivity contribution in [1.82, 2.24) is 0 Å². The summed E-state index contributed by atoms with van der Waals surface area (Å²) in [6.45, 7) is 8.56. The van der Waals surface area contributed by atoms with Gasteiger partial charge in [0.05, 0.1) is 5.92 Å². The van der Waals surface area contributed by atoms with E-state index in [1.165, 1.54) is 5.57 Å². The third-order valence-electron chi connectivity index (χ3n) is 4.06. The molecule has 0 aliphatic carbocycles. The number of carboxylic acid groups (broad SMARTS) is 1. The number of hydrogen-bond acceptors (Lipinski definition) is 2. The minimum atomic E-state index is -0.674. The second-order valence-electron chi connectivity index (χ2n) is 6.16. The molecule has 0 aromatic heterocycles. The molecule has 0 radical (unpaired) electrons. The van der Waals surface area contributed by atoms with Crippen molar-refractivity contribution in [3.63, 3.8) is 0 Å². The highest BCUT2D eigenvalue weighted by Crippen LogP contribution is 2.25. The highest BCUT2D eigenvalue weighted by atomic mass is 16.4. The summed E-state index contributed by atoms with van der Waals surface area (Å²) in [5, 5.41) is 18.2. The van der Waals surface area contributed by atoms with E-state index in [1.54, 1.807) is 0 Å². The van der Waals surface area contributed by atoms with Gasteiger partial charge in [-0.2, -0.15) is 0 Å². The van der Waals surface area contributed by atoms with E-state index in [1.807, 2.05) is 13.8 Å². The lowest BCUT2D eigenvalue weighted by atomic mass is 9.85. The molecule has 2 N–H and O–H groups in total. The second-order valence-corrected chi connectivity index (χ2v) is 6.16. The van der Waals surface area contributed by atoms with Gasteiger partial charge in [0.25, 0.3) is 0 Å². The van der Waals surface area contributed by atoms with E-state index < -0.39 is 5.97 Å². The van der Waals surface area contributed by atoms with Gasteiger partial charge in [0.15, 0.2) is 0 Å². The average Bonchev–Trinajstić information content (AvgIpc) is 2.36. The molecule has 0 fully saturated rings. The van der Waals surface area contributed by atoms with Crippen LogP contribution in [0.2, 0.25) is 0 Å². The van der Waals surface area contributed by atoms with Crippen molar-refractivity contribution >= 4 is 5.97 Å². The van der Waals surface area contributed by atoms with Crippen LogP contribution in [0.25, 0.3) is 0 Å². The molecule has 0 rings (SSSR count). The normalized spacial score (nSPS) is 16.8. The Labute approximate surface area is 124 Å². The van der Waals surface area contributed by atoms with Gasteiger partial charge in [0, 0.05) is 6.61 Å². The predicted molar refractivity (Wildman–Crippen MR) is 83.7 cm³/mol. The fraction of sp³-hybridized carbons (Fsp3) is 0.824. The molecule has 0 bridgehead atoms. The Morgan fingerprint density at radius 2 is 1.85 bits per heavy atom. The lowest BCUT2D eigenvalue weighted by Crippen LogP contribution is -2.22. The number of carboxylic acids is 1. The van der Waals surface area contributed by atoms with Gasteiger partial charge in [-0.1, -0.05) is 45.3 Å². The van der Waals surface area contributed by atoms with Gasteiger partial charge in [-0.15, -0.1) is 0 Å². The van der Waals surface area contributed by atoms with Crippen LogP contribution in [0.1, 0.15) is 66.2 Å². The standard InChI is InChI=1S/C17H32O3/c1-5-7-15(4)16(17(19)20)12-14(3)9-6-8-13(2)10-11-18/h9,13,15-16,18H,5-8,10-12H2,1-4H3,(H,19,20)/b14-9+/t13-,15?,16?/m0/s1. The van der Waals surface area contributed by atoms with Crippen molar-refractivity contribution in [3.05, 3.63) is 11.6 Å². The molecule has 0 saturated heterocycles. The predicted octanol–water partition coefficient (Wildman–Crippen LogP) is 4.26. The van der Waals surface area contributed by atoms with Crippen LogP contribution in [0.5, 0.6) is 0 Å². The number of allylic oxidation sites excluding steroid dienone is 2. The van der Waals surface area contributed by atoms with E-state index in [9.17, 15) is 9.90 Å². The van der Waals surface area contributed by atoms with Gasteiger partial charge in [-0.25, -0.2) is 0 Å². The number of aliphatic hydroxyl groups excluding tert-OH is 1. The zero-order valence-electron chi connectivity index (χ0n) is 13.6. The van der Waals surface area contributed by atoms with Gasteiger partial charge in [0.1, 0.15) is 0 Å². The van der Waals surface area contributed by atoms with E-state index in [0.717, 1.165) is 32.1 Å².